The molecular formula is C17H27N3O. The molecule has 2 N–H and O–H groups in total. The number of hydrogen-bond donors (Lipinski definition) is 1. The van der Waals surface area contributed by atoms with Crippen molar-refractivity contribution in [3.8, 4) is 5.88 Å². The highest BCUT2D eigenvalue weighted by atomic mass is 16.5. The van der Waals surface area contributed by atoms with Crippen LogP contribution in [0.4, 0.5) is 5.82 Å². The van der Waals surface area contributed by atoms with Gasteiger partial charge in [0.15, 0.2) is 0 Å². The van der Waals surface area contributed by atoms with E-state index in [-0.39, 0.29) is 6.10 Å². The summed E-state index contributed by atoms with van der Waals surface area (Å²) in [5, 5.41) is 0. The molecule has 1 heterocycles. The van der Waals surface area contributed by atoms with Gasteiger partial charge in [-0.25, -0.2) is 4.98 Å². The van der Waals surface area contributed by atoms with Crippen LogP contribution in [-0.2, 0) is 0 Å². The van der Waals surface area contributed by atoms with Gasteiger partial charge in [-0.2, -0.15) is 4.98 Å². The van der Waals surface area contributed by atoms with Crippen LogP contribution in [0.3, 0.4) is 0 Å². The Morgan fingerprint density at radius 2 is 1.95 bits per heavy atom. The van der Waals surface area contributed by atoms with Gasteiger partial charge in [0, 0.05) is 12.0 Å². The van der Waals surface area contributed by atoms with Gasteiger partial charge in [0.05, 0.1) is 0 Å². The third-order valence-corrected chi connectivity index (χ3v) is 4.92. The number of nitrogens with zero attached hydrogens (tertiary/aromatic N) is 2. The molecule has 21 heavy (non-hydrogen) atoms. The first-order valence-corrected chi connectivity index (χ1v) is 8.34. The molecule has 1 aromatic rings. The largest absolute Gasteiger partial charge is 0.474 e. The Balaban J connectivity index is 1.77. The van der Waals surface area contributed by atoms with Crippen molar-refractivity contribution >= 4 is 5.82 Å². The summed E-state index contributed by atoms with van der Waals surface area (Å²) in [6.45, 7) is 6.90. The van der Waals surface area contributed by atoms with Crippen LogP contribution in [0.2, 0.25) is 0 Å². The van der Waals surface area contributed by atoms with Crippen LogP contribution in [0.1, 0.15) is 64.6 Å². The lowest BCUT2D eigenvalue weighted by molar-refractivity contribution is 0.0424. The number of nitrogen functional groups attached to an aromatic ring is 1. The minimum Gasteiger partial charge on any atom is -0.474 e. The fraction of sp³-hybridized carbons (Fsp3) is 0.765. The highest BCUT2D eigenvalue weighted by Crippen LogP contribution is 2.40. The van der Waals surface area contributed by atoms with Gasteiger partial charge in [0.25, 0.3) is 0 Å². The first-order valence-electron chi connectivity index (χ1n) is 8.34. The molecule has 2 saturated carbocycles. The second-order valence-corrected chi connectivity index (χ2v) is 7.25. The van der Waals surface area contributed by atoms with Gasteiger partial charge in [0.1, 0.15) is 17.7 Å². The molecule has 2 fully saturated rings. The molecule has 0 saturated heterocycles. The summed E-state index contributed by atoms with van der Waals surface area (Å²) in [5.41, 5.74) is 5.92. The Labute approximate surface area is 127 Å². The quantitative estimate of drug-likeness (QED) is 0.916. The monoisotopic (exact) mass is 289 g/mol. The van der Waals surface area contributed by atoms with Crippen molar-refractivity contribution in [3.63, 3.8) is 0 Å². The van der Waals surface area contributed by atoms with Crippen LogP contribution in [0.15, 0.2) is 6.07 Å². The second kappa shape index (κ2) is 5.82. The lowest BCUT2D eigenvalue weighted by Crippen LogP contribution is -2.36. The summed E-state index contributed by atoms with van der Waals surface area (Å²) in [7, 11) is 0. The van der Waals surface area contributed by atoms with E-state index in [1.165, 1.54) is 25.7 Å². The molecular weight excluding hydrogens is 262 g/mol. The summed E-state index contributed by atoms with van der Waals surface area (Å²) in [6.07, 6.45) is 6.29. The molecule has 0 spiro atoms. The highest BCUT2D eigenvalue weighted by molar-refractivity contribution is 5.34. The molecule has 0 amide bonds. The van der Waals surface area contributed by atoms with Crippen LogP contribution < -0.4 is 10.5 Å². The van der Waals surface area contributed by atoms with E-state index in [0.29, 0.717) is 29.5 Å². The summed E-state index contributed by atoms with van der Waals surface area (Å²) >= 11 is 0. The Morgan fingerprint density at radius 1 is 1.19 bits per heavy atom. The van der Waals surface area contributed by atoms with Crippen molar-refractivity contribution in [1.82, 2.24) is 9.97 Å². The van der Waals surface area contributed by atoms with E-state index in [9.17, 15) is 0 Å². The molecule has 2 aliphatic rings. The average Bonchev–Trinajstić information content (AvgIpc) is 3.21. The van der Waals surface area contributed by atoms with Gasteiger partial charge < -0.3 is 10.5 Å². The van der Waals surface area contributed by atoms with Crippen molar-refractivity contribution in [2.45, 2.75) is 64.9 Å². The highest BCUT2D eigenvalue weighted by Gasteiger charge is 2.33. The molecule has 3 unspecified atom stereocenters. The molecule has 116 valence electrons. The van der Waals surface area contributed by atoms with E-state index < -0.39 is 0 Å². The topological polar surface area (TPSA) is 61.0 Å². The van der Waals surface area contributed by atoms with Gasteiger partial charge in [-0.15, -0.1) is 0 Å². The first kappa shape index (κ1) is 14.6. The second-order valence-electron chi connectivity index (χ2n) is 7.25. The molecule has 0 bridgehead atoms. The predicted octanol–water partition coefficient (Wildman–Crippen LogP) is 3.78. The fourth-order valence-electron chi connectivity index (χ4n) is 3.45. The third kappa shape index (κ3) is 3.47. The van der Waals surface area contributed by atoms with Crippen molar-refractivity contribution in [2.24, 2.45) is 17.8 Å². The summed E-state index contributed by atoms with van der Waals surface area (Å²) < 4.78 is 6.27. The van der Waals surface area contributed by atoms with E-state index in [1.807, 2.05) is 0 Å². The Morgan fingerprint density at radius 3 is 2.62 bits per heavy atom. The molecule has 4 nitrogen and oxygen atoms in total. The third-order valence-electron chi connectivity index (χ3n) is 4.92. The minimum absolute atomic E-state index is 0.259. The number of hydrogen-bond acceptors (Lipinski definition) is 4. The number of aromatic nitrogens is 2. The number of rotatable bonds is 4. The first-order chi connectivity index (χ1) is 10.0. The summed E-state index contributed by atoms with van der Waals surface area (Å²) in [6, 6.07) is 1.78. The minimum atomic E-state index is 0.259. The van der Waals surface area contributed by atoms with Crippen LogP contribution in [0.5, 0.6) is 5.88 Å². The normalized spacial score (nSPS) is 29.6. The molecule has 0 radical (unpaired) electrons. The van der Waals surface area contributed by atoms with Crippen molar-refractivity contribution < 1.29 is 4.74 Å². The van der Waals surface area contributed by atoms with Gasteiger partial charge in [-0.3, -0.25) is 0 Å². The fourth-order valence-corrected chi connectivity index (χ4v) is 3.45. The maximum atomic E-state index is 6.27. The van der Waals surface area contributed by atoms with Crippen LogP contribution in [-0.4, -0.2) is 16.1 Å². The summed E-state index contributed by atoms with van der Waals surface area (Å²) in [4.78, 5) is 8.94. The zero-order chi connectivity index (χ0) is 15.0. The molecule has 3 rings (SSSR count). The molecule has 4 heteroatoms. The number of anilines is 1. The van der Waals surface area contributed by atoms with E-state index >= 15 is 0 Å². The van der Waals surface area contributed by atoms with Gasteiger partial charge in [-0.05, 0) is 43.4 Å². The standard InChI is InChI=1S/C17H27N3O/c1-10(2)13-7-4-11(3)8-14(13)21-16-9-15(18)19-17(20-16)12-5-6-12/h9-14H,4-8H2,1-3H3,(H2,18,19,20). The van der Waals surface area contributed by atoms with E-state index in [4.69, 9.17) is 10.5 Å². The Kier molecular flexibility index (Phi) is 4.05. The summed E-state index contributed by atoms with van der Waals surface area (Å²) in [5.74, 6) is 4.57. The van der Waals surface area contributed by atoms with Gasteiger partial charge in [-0.1, -0.05) is 27.2 Å². The van der Waals surface area contributed by atoms with Crippen LogP contribution in [0, 0.1) is 17.8 Å². The lowest BCUT2D eigenvalue weighted by Gasteiger charge is -2.37. The number of ether oxygens (including phenoxy) is 1. The molecule has 0 aromatic carbocycles. The molecule has 3 atom stereocenters. The van der Waals surface area contributed by atoms with Crippen LogP contribution in [0.25, 0.3) is 0 Å². The zero-order valence-electron chi connectivity index (χ0n) is 13.4. The molecule has 2 aliphatic carbocycles. The van der Waals surface area contributed by atoms with Gasteiger partial charge in [0.2, 0.25) is 5.88 Å². The maximum absolute atomic E-state index is 6.27. The smallest absolute Gasteiger partial charge is 0.219 e. The lowest BCUT2D eigenvalue weighted by atomic mass is 9.75. The van der Waals surface area contributed by atoms with Crippen molar-refractivity contribution in [1.29, 1.82) is 0 Å². The average molecular weight is 289 g/mol. The SMILES string of the molecule is CC1CCC(C(C)C)C(Oc2cc(N)nc(C3CC3)n2)C1. The maximum Gasteiger partial charge on any atom is 0.219 e. The van der Waals surface area contributed by atoms with E-state index in [2.05, 4.69) is 30.7 Å². The van der Waals surface area contributed by atoms with Crippen molar-refractivity contribution in [3.05, 3.63) is 11.9 Å². The predicted molar refractivity (Wildman–Crippen MR) is 84.2 cm³/mol. The van der Waals surface area contributed by atoms with Crippen molar-refractivity contribution in [2.75, 3.05) is 5.73 Å². The van der Waals surface area contributed by atoms with E-state index in [0.717, 1.165) is 18.2 Å². The zero-order valence-corrected chi connectivity index (χ0v) is 13.4. The van der Waals surface area contributed by atoms with Gasteiger partial charge >= 0.3 is 0 Å². The van der Waals surface area contributed by atoms with Crippen LogP contribution >= 0.6 is 0 Å². The Bertz CT molecular complexity index is 499. The number of nitrogens with two attached hydrogens (primary N) is 1. The van der Waals surface area contributed by atoms with E-state index in [1.54, 1.807) is 6.07 Å². The Hall–Kier alpha value is -1.32. The molecule has 1 aromatic heterocycles. The molecule has 0 aliphatic heterocycles.